The predicted octanol–water partition coefficient (Wildman–Crippen LogP) is 2.50. The van der Waals surface area contributed by atoms with Crippen LogP contribution in [0.1, 0.15) is 18.0 Å². The van der Waals surface area contributed by atoms with Gasteiger partial charge in [-0.3, -0.25) is 4.79 Å². The van der Waals surface area contributed by atoms with Crippen molar-refractivity contribution in [3.8, 4) is 0 Å². The first-order chi connectivity index (χ1) is 7.18. The second kappa shape index (κ2) is 5.53. The lowest BCUT2D eigenvalue weighted by atomic mass is 9.94. The molecule has 0 saturated carbocycles. The molecule has 1 saturated heterocycles. The maximum absolute atomic E-state index is 11.0. The quantitative estimate of drug-likeness (QED) is 0.860. The van der Waals surface area contributed by atoms with E-state index in [1.54, 1.807) is 12.1 Å². The average Bonchev–Trinajstić information content (AvgIpc) is 2.67. The number of nitrogens with one attached hydrogen (secondary N) is 1. The molecule has 1 fully saturated rings. The van der Waals surface area contributed by atoms with Crippen LogP contribution in [0, 0.1) is 5.92 Å². The molecule has 0 aromatic heterocycles. The van der Waals surface area contributed by atoms with Gasteiger partial charge < -0.3 is 10.4 Å². The minimum absolute atomic E-state index is 0. The normalized spacial score (nSPS) is 23.8. The maximum atomic E-state index is 11.0. The molecule has 0 amide bonds. The lowest BCUT2D eigenvalue weighted by molar-refractivity contribution is -0.142. The summed E-state index contributed by atoms with van der Waals surface area (Å²) >= 11 is 5.78. The van der Waals surface area contributed by atoms with Crippen LogP contribution >= 0.6 is 24.0 Å². The molecule has 1 heterocycles. The number of benzene rings is 1. The fourth-order valence-corrected chi connectivity index (χ4v) is 2.12. The second-order valence-corrected chi connectivity index (χ2v) is 4.15. The zero-order valence-electron chi connectivity index (χ0n) is 8.52. The van der Waals surface area contributed by atoms with Crippen LogP contribution in [-0.4, -0.2) is 17.6 Å². The van der Waals surface area contributed by atoms with Crippen LogP contribution in [0.25, 0.3) is 0 Å². The molecule has 0 radical (unpaired) electrons. The van der Waals surface area contributed by atoms with Crippen LogP contribution in [0.4, 0.5) is 0 Å². The molecule has 1 aliphatic rings. The Morgan fingerprint density at radius 2 is 2.00 bits per heavy atom. The van der Waals surface area contributed by atoms with Crippen molar-refractivity contribution < 1.29 is 9.90 Å². The Morgan fingerprint density at radius 1 is 1.38 bits per heavy atom. The second-order valence-electron chi connectivity index (χ2n) is 3.72. The molecule has 1 aliphatic heterocycles. The van der Waals surface area contributed by atoms with Crippen LogP contribution < -0.4 is 5.32 Å². The van der Waals surface area contributed by atoms with E-state index in [0.29, 0.717) is 11.4 Å². The van der Waals surface area contributed by atoms with Gasteiger partial charge in [-0.25, -0.2) is 0 Å². The Balaban J connectivity index is 0.00000128. The van der Waals surface area contributed by atoms with Gasteiger partial charge in [0, 0.05) is 11.1 Å². The summed E-state index contributed by atoms with van der Waals surface area (Å²) in [7, 11) is 0. The first-order valence-electron chi connectivity index (χ1n) is 4.90. The molecule has 2 atom stereocenters. The van der Waals surface area contributed by atoms with Crippen molar-refractivity contribution in [1.82, 2.24) is 5.32 Å². The highest BCUT2D eigenvalue weighted by atomic mass is 35.5. The Morgan fingerprint density at radius 3 is 2.56 bits per heavy atom. The van der Waals surface area contributed by atoms with E-state index in [9.17, 15) is 4.79 Å². The van der Waals surface area contributed by atoms with Gasteiger partial charge in [0.05, 0.1) is 5.92 Å². The molecule has 1 unspecified atom stereocenters. The highest BCUT2D eigenvalue weighted by Crippen LogP contribution is 2.30. The first kappa shape index (κ1) is 13.3. The fourth-order valence-electron chi connectivity index (χ4n) is 1.99. The van der Waals surface area contributed by atoms with Gasteiger partial charge in [-0.05, 0) is 30.7 Å². The van der Waals surface area contributed by atoms with Crippen LogP contribution in [0.3, 0.4) is 0 Å². The molecule has 5 heteroatoms. The van der Waals surface area contributed by atoms with Crippen molar-refractivity contribution in [2.45, 2.75) is 12.5 Å². The molecule has 16 heavy (non-hydrogen) atoms. The molecule has 0 spiro atoms. The summed E-state index contributed by atoms with van der Waals surface area (Å²) in [4.78, 5) is 11.0. The van der Waals surface area contributed by atoms with Crippen molar-refractivity contribution in [2.24, 2.45) is 5.92 Å². The van der Waals surface area contributed by atoms with E-state index >= 15 is 0 Å². The topological polar surface area (TPSA) is 49.3 Å². The molecule has 1 aromatic rings. The van der Waals surface area contributed by atoms with Gasteiger partial charge in [0.1, 0.15) is 0 Å². The van der Waals surface area contributed by atoms with E-state index in [2.05, 4.69) is 5.32 Å². The predicted molar refractivity (Wildman–Crippen MR) is 65.2 cm³/mol. The maximum Gasteiger partial charge on any atom is 0.308 e. The SMILES string of the molecule is Cl.O=C(O)[C@H]1CCNC1c1ccc(Cl)cc1. The van der Waals surface area contributed by atoms with Crippen molar-refractivity contribution in [2.75, 3.05) is 6.54 Å². The number of halogens is 2. The van der Waals surface area contributed by atoms with Gasteiger partial charge in [-0.1, -0.05) is 23.7 Å². The van der Waals surface area contributed by atoms with Crippen LogP contribution in [0.5, 0.6) is 0 Å². The molecule has 2 N–H and O–H groups in total. The number of carboxylic acids is 1. The number of hydrogen-bond acceptors (Lipinski definition) is 2. The third-order valence-corrected chi connectivity index (χ3v) is 3.02. The highest BCUT2D eigenvalue weighted by Gasteiger charge is 2.33. The standard InChI is InChI=1S/C11H12ClNO2.ClH/c12-8-3-1-7(2-4-8)10-9(11(14)15)5-6-13-10;/h1-4,9-10,13H,5-6H2,(H,14,15);1H/t9-,10?;/m0./s1. The van der Waals surface area contributed by atoms with Crippen LogP contribution in [0.15, 0.2) is 24.3 Å². The third kappa shape index (κ3) is 2.67. The summed E-state index contributed by atoms with van der Waals surface area (Å²) in [6.07, 6.45) is 0.683. The van der Waals surface area contributed by atoms with Crippen molar-refractivity contribution in [3.63, 3.8) is 0 Å². The average molecular weight is 262 g/mol. The molecular formula is C11H13Cl2NO2. The first-order valence-corrected chi connectivity index (χ1v) is 5.28. The number of aliphatic carboxylic acids is 1. The van der Waals surface area contributed by atoms with Crippen molar-refractivity contribution >= 4 is 30.0 Å². The molecule has 0 aliphatic carbocycles. The number of carbonyl (C=O) groups is 1. The van der Waals surface area contributed by atoms with Gasteiger partial charge in [-0.2, -0.15) is 0 Å². The lowest BCUT2D eigenvalue weighted by Crippen LogP contribution is -2.23. The van der Waals surface area contributed by atoms with Crippen LogP contribution in [-0.2, 0) is 4.79 Å². The number of carboxylic acid groups (broad SMARTS) is 1. The molecule has 2 rings (SSSR count). The zero-order valence-corrected chi connectivity index (χ0v) is 10.1. The molecule has 88 valence electrons. The van der Waals surface area contributed by atoms with Gasteiger partial charge in [0.15, 0.2) is 0 Å². The van der Waals surface area contributed by atoms with Crippen LogP contribution in [0.2, 0.25) is 5.02 Å². The van der Waals surface area contributed by atoms with Crippen molar-refractivity contribution in [1.29, 1.82) is 0 Å². The Kier molecular flexibility index (Phi) is 4.59. The van der Waals surface area contributed by atoms with Gasteiger partial charge >= 0.3 is 5.97 Å². The summed E-state index contributed by atoms with van der Waals surface area (Å²) in [6.45, 7) is 0.754. The lowest BCUT2D eigenvalue weighted by Gasteiger charge is -2.16. The van der Waals surface area contributed by atoms with E-state index < -0.39 is 5.97 Å². The monoisotopic (exact) mass is 261 g/mol. The number of rotatable bonds is 2. The van der Waals surface area contributed by atoms with E-state index in [0.717, 1.165) is 12.1 Å². The number of hydrogen-bond donors (Lipinski definition) is 2. The van der Waals surface area contributed by atoms with Gasteiger partial charge in [-0.15, -0.1) is 12.4 Å². The molecule has 3 nitrogen and oxygen atoms in total. The van der Waals surface area contributed by atoms with E-state index in [1.807, 2.05) is 12.1 Å². The smallest absolute Gasteiger partial charge is 0.308 e. The Bertz CT molecular complexity index is 367. The molecule has 1 aromatic carbocycles. The zero-order chi connectivity index (χ0) is 10.8. The molecule has 0 bridgehead atoms. The summed E-state index contributed by atoms with van der Waals surface area (Å²) in [6, 6.07) is 7.24. The third-order valence-electron chi connectivity index (χ3n) is 2.77. The summed E-state index contributed by atoms with van der Waals surface area (Å²) in [5.74, 6) is -1.06. The molecular weight excluding hydrogens is 249 g/mol. The van der Waals surface area contributed by atoms with E-state index in [1.165, 1.54) is 0 Å². The van der Waals surface area contributed by atoms with E-state index in [-0.39, 0.29) is 24.4 Å². The van der Waals surface area contributed by atoms with Gasteiger partial charge in [0.2, 0.25) is 0 Å². The van der Waals surface area contributed by atoms with Gasteiger partial charge in [0.25, 0.3) is 0 Å². The summed E-state index contributed by atoms with van der Waals surface area (Å²) < 4.78 is 0. The minimum Gasteiger partial charge on any atom is -0.481 e. The Labute approximate surface area is 105 Å². The van der Waals surface area contributed by atoms with Crippen molar-refractivity contribution in [3.05, 3.63) is 34.9 Å². The Hall–Kier alpha value is -0.770. The fraction of sp³-hybridized carbons (Fsp3) is 0.364. The largest absolute Gasteiger partial charge is 0.481 e. The summed E-state index contributed by atoms with van der Waals surface area (Å²) in [5, 5.41) is 12.9. The van der Waals surface area contributed by atoms with E-state index in [4.69, 9.17) is 16.7 Å². The highest BCUT2D eigenvalue weighted by molar-refractivity contribution is 6.30. The minimum atomic E-state index is -0.736. The summed E-state index contributed by atoms with van der Waals surface area (Å²) in [5.41, 5.74) is 0.990.